The van der Waals surface area contributed by atoms with Crippen molar-refractivity contribution in [2.24, 2.45) is 0 Å². The molecule has 0 saturated carbocycles. The summed E-state index contributed by atoms with van der Waals surface area (Å²) in [7, 11) is -3.13. The Hall–Kier alpha value is -2.08. The second-order valence-electron chi connectivity index (χ2n) is 6.03. The zero-order chi connectivity index (χ0) is 18.4. The fourth-order valence-corrected chi connectivity index (χ4v) is 3.94. The van der Waals surface area contributed by atoms with Crippen LogP contribution in [0.15, 0.2) is 42.5 Å². The lowest BCUT2D eigenvalue weighted by Crippen LogP contribution is -2.44. The predicted molar refractivity (Wildman–Crippen MR) is 101 cm³/mol. The van der Waals surface area contributed by atoms with Crippen LogP contribution in [0.4, 0.5) is 0 Å². The summed E-state index contributed by atoms with van der Waals surface area (Å²) < 4.78 is 29.2. The second kappa shape index (κ2) is 8.34. The van der Waals surface area contributed by atoms with Gasteiger partial charge in [-0.3, -0.25) is 4.79 Å². The number of rotatable bonds is 8. The van der Waals surface area contributed by atoms with Crippen molar-refractivity contribution >= 4 is 26.5 Å². The lowest BCUT2D eigenvalue weighted by atomic mass is 10.1. The molecule has 0 saturated heterocycles. The maximum atomic E-state index is 12.4. The van der Waals surface area contributed by atoms with E-state index in [9.17, 15) is 13.2 Å². The highest BCUT2D eigenvalue weighted by Gasteiger charge is 2.23. The molecule has 2 rings (SSSR count). The summed E-state index contributed by atoms with van der Waals surface area (Å²) in [6.45, 7) is 5.54. The van der Waals surface area contributed by atoms with E-state index in [1.54, 1.807) is 18.7 Å². The average molecular weight is 363 g/mol. The lowest BCUT2D eigenvalue weighted by Gasteiger charge is -2.27. The molecule has 0 aliphatic rings. The number of nitrogens with zero attached hydrogens (tertiary/aromatic N) is 1. The molecule has 6 heteroatoms. The number of hydrogen-bond acceptors (Lipinski definition) is 4. The van der Waals surface area contributed by atoms with E-state index in [4.69, 9.17) is 4.74 Å². The van der Waals surface area contributed by atoms with Crippen LogP contribution in [0, 0.1) is 0 Å². The van der Waals surface area contributed by atoms with Crippen LogP contribution in [0.25, 0.3) is 10.8 Å². The summed E-state index contributed by atoms with van der Waals surface area (Å²) in [4.78, 5) is 14.0. The van der Waals surface area contributed by atoms with Gasteiger partial charge in [0.1, 0.15) is 5.75 Å². The summed E-state index contributed by atoms with van der Waals surface area (Å²) >= 11 is 0. The van der Waals surface area contributed by atoms with Gasteiger partial charge < -0.3 is 9.64 Å². The van der Waals surface area contributed by atoms with Crippen LogP contribution < -0.4 is 4.74 Å². The molecule has 0 bridgehead atoms. The van der Waals surface area contributed by atoms with Crippen molar-refractivity contribution in [2.45, 2.75) is 26.8 Å². The van der Waals surface area contributed by atoms with Crippen molar-refractivity contribution in [1.82, 2.24) is 4.90 Å². The highest BCUT2D eigenvalue weighted by atomic mass is 32.2. The quantitative estimate of drug-likeness (QED) is 0.723. The smallest absolute Gasteiger partial charge is 0.260 e. The Balaban J connectivity index is 2.01. The first-order valence-electron chi connectivity index (χ1n) is 8.47. The Kier molecular flexibility index (Phi) is 6.42. The Labute approximate surface area is 149 Å². The van der Waals surface area contributed by atoms with E-state index in [0.717, 1.165) is 10.8 Å². The van der Waals surface area contributed by atoms with E-state index in [2.05, 4.69) is 0 Å². The fourth-order valence-electron chi connectivity index (χ4n) is 2.79. The van der Waals surface area contributed by atoms with Crippen molar-refractivity contribution in [1.29, 1.82) is 0 Å². The van der Waals surface area contributed by atoms with Gasteiger partial charge in [0.15, 0.2) is 16.4 Å². The molecule has 25 heavy (non-hydrogen) atoms. The number of carbonyl (C=O) groups is 1. The molecule has 2 aromatic carbocycles. The van der Waals surface area contributed by atoms with Crippen LogP contribution >= 0.6 is 0 Å². The molecule has 0 spiro atoms. The van der Waals surface area contributed by atoms with Crippen LogP contribution in [0.1, 0.15) is 20.8 Å². The van der Waals surface area contributed by atoms with Crippen molar-refractivity contribution in [3.8, 4) is 5.75 Å². The van der Waals surface area contributed by atoms with E-state index in [1.165, 1.54) is 0 Å². The molecule has 1 atom stereocenters. The summed E-state index contributed by atoms with van der Waals surface area (Å²) in [5, 5.41) is 2.15. The van der Waals surface area contributed by atoms with Gasteiger partial charge in [0, 0.05) is 18.3 Å². The standard InChI is InChI=1S/C19H25NO4S/c1-4-20(15(3)14-25(22,23)5-2)19(21)13-24-18-11-10-16-8-6-7-9-17(16)12-18/h6-12,15H,4-5,13-14H2,1-3H3. The number of fused-ring (bicyclic) bond motifs is 1. The molecule has 2 aromatic rings. The molecule has 0 N–H and O–H groups in total. The Morgan fingerprint density at radius 1 is 1.12 bits per heavy atom. The Bertz CT molecular complexity index is 832. The van der Waals surface area contributed by atoms with Crippen molar-refractivity contribution in [3.05, 3.63) is 42.5 Å². The van der Waals surface area contributed by atoms with Gasteiger partial charge in [0.05, 0.1) is 5.75 Å². The van der Waals surface area contributed by atoms with Crippen molar-refractivity contribution in [3.63, 3.8) is 0 Å². The van der Waals surface area contributed by atoms with Gasteiger partial charge in [-0.2, -0.15) is 0 Å². The van der Waals surface area contributed by atoms with E-state index < -0.39 is 9.84 Å². The highest BCUT2D eigenvalue weighted by Crippen LogP contribution is 2.20. The Morgan fingerprint density at radius 3 is 2.44 bits per heavy atom. The molecule has 0 aromatic heterocycles. The maximum absolute atomic E-state index is 12.4. The summed E-state index contributed by atoms with van der Waals surface area (Å²) in [6, 6.07) is 13.2. The molecule has 0 aliphatic heterocycles. The third-order valence-electron chi connectivity index (χ3n) is 4.21. The molecule has 1 unspecified atom stereocenters. The van der Waals surface area contributed by atoms with Gasteiger partial charge in [-0.05, 0) is 36.8 Å². The minimum atomic E-state index is -3.13. The normalized spacial score (nSPS) is 12.8. The number of carbonyl (C=O) groups excluding carboxylic acids is 1. The minimum absolute atomic E-state index is 0.0287. The molecule has 0 fully saturated rings. The van der Waals surface area contributed by atoms with Crippen molar-refractivity contribution < 1.29 is 17.9 Å². The number of hydrogen-bond donors (Lipinski definition) is 0. The topological polar surface area (TPSA) is 63.7 Å². The first-order chi connectivity index (χ1) is 11.9. The third-order valence-corrected chi connectivity index (χ3v) is 6.08. The molecule has 1 amide bonds. The lowest BCUT2D eigenvalue weighted by molar-refractivity contribution is -0.134. The number of amides is 1. The second-order valence-corrected chi connectivity index (χ2v) is 8.42. The predicted octanol–water partition coefficient (Wildman–Crippen LogP) is 2.89. The summed E-state index contributed by atoms with van der Waals surface area (Å²) in [5.74, 6) is 0.460. The van der Waals surface area contributed by atoms with Gasteiger partial charge in [-0.1, -0.05) is 37.3 Å². The highest BCUT2D eigenvalue weighted by molar-refractivity contribution is 7.91. The van der Waals surface area contributed by atoms with Gasteiger partial charge >= 0.3 is 0 Å². The van der Waals surface area contributed by atoms with Crippen LogP contribution in [-0.2, 0) is 14.6 Å². The number of benzene rings is 2. The van der Waals surface area contributed by atoms with Gasteiger partial charge in [-0.15, -0.1) is 0 Å². The van der Waals surface area contributed by atoms with Gasteiger partial charge in [0.25, 0.3) is 5.91 Å². The molecule has 5 nitrogen and oxygen atoms in total. The van der Waals surface area contributed by atoms with Crippen LogP contribution in [0.3, 0.4) is 0 Å². The third kappa shape index (κ3) is 5.19. The number of likely N-dealkylation sites (N-methyl/N-ethyl adjacent to an activating group) is 1. The minimum Gasteiger partial charge on any atom is -0.484 e. The molecule has 136 valence electrons. The van der Waals surface area contributed by atoms with Crippen molar-refractivity contribution in [2.75, 3.05) is 24.7 Å². The van der Waals surface area contributed by atoms with E-state index >= 15 is 0 Å². The van der Waals surface area contributed by atoms with Gasteiger partial charge in [-0.25, -0.2) is 8.42 Å². The van der Waals surface area contributed by atoms with E-state index in [0.29, 0.717) is 12.3 Å². The first kappa shape index (κ1) is 19.2. The molecule has 0 aliphatic carbocycles. The van der Waals surface area contributed by atoms with Crippen LogP contribution in [-0.4, -0.2) is 49.9 Å². The molecule has 0 heterocycles. The molecule has 0 radical (unpaired) electrons. The largest absolute Gasteiger partial charge is 0.484 e. The monoisotopic (exact) mass is 363 g/mol. The summed E-state index contributed by atoms with van der Waals surface area (Å²) in [5.41, 5.74) is 0. The summed E-state index contributed by atoms with van der Waals surface area (Å²) in [6.07, 6.45) is 0. The number of ether oxygens (including phenoxy) is 1. The van der Waals surface area contributed by atoms with E-state index in [1.807, 2.05) is 49.4 Å². The Morgan fingerprint density at radius 2 is 1.80 bits per heavy atom. The zero-order valence-corrected chi connectivity index (χ0v) is 15.8. The molecular weight excluding hydrogens is 338 g/mol. The van der Waals surface area contributed by atoms with Crippen LogP contribution in [0.5, 0.6) is 5.75 Å². The SMILES string of the molecule is CCN(C(=O)COc1ccc2ccccc2c1)C(C)CS(=O)(=O)CC. The average Bonchev–Trinajstić information content (AvgIpc) is 2.60. The molecular formula is C19H25NO4S. The number of sulfone groups is 1. The van der Waals surface area contributed by atoms with Crippen LogP contribution in [0.2, 0.25) is 0 Å². The van der Waals surface area contributed by atoms with E-state index in [-0.39, 0.29) is 30.1 Å². The van der Waals surface area contributed by atoms with Gasteiger partial charge in [0.2, 0.25) is 0 Å². The zero-order valence-electron chi connectivity index (χ0n) is 14.9. The maximum Gasteiger partial charge on any atom is 0.260 e. The fraction of sp³-hybridized carbons (Fsp3) is 0.421. The first-order valence-corrected chi connectivity index (χ1v) is 10.3.